The summed E-state index contributed by atoms with van der Waals surface area (Å²) in [7, 11) is 0. The summed E-state index contributed by atoms with van der Waals surface area (Å²) in [5.41, 5.74) is 7.16. The molecule has 2 aliphatic rings. The van der Waals surface area contributed by atoms with E-state index in [1.807, 2.05) is 6.20 Å². The van der Waals surface area contributed by atoms with Crippen LogP contribution in [0.25, 0.3) is 22.2 Å². The van der Waals surface area contributed by atoms with Gasteiger partial charge in [-0.05, 0) is 63.1 Å². The Hall–Kier alpha value is -3.26. The summed E-state index contributed by atoms with van der Waals surface area (Å²) in [5.74, 6) is 0.646. The van der Waals surface area contributed by atoms with Gasteiger partial charge in [-0.15, -0.1) is 0 Å². The molecule has 0 bridgehead atoms. The van der Waals surface area contributed by atoms with Gasteiger partial charge in [0.2, 0.25) is 5.95 Å². The van der Waals surface area contributed by atoms with Crippen molar-refractivity contribution in [2.75, 3.05) is 31.5 Å². The van der Waals surface area contributed by atoms with E-state index in [1.54, 1.807) is 0 Å². The van der Waals surface area contributed by atoms with Crippen LogP contribution >= 0.6 is 0 Å². The summed E-state index contributed by atoms with van der Waals surface area (Å²) >= 11 is 0. The number of benzene rings is 2. The number of aliphatic hydroxyl groups excluding tert-OH is 1. The fourth-order valence-corrected chi connectivity index (χ4v) is 6.33. The predicted octanol–water partition coefficient (Wildman–Crippen LogP) is 6.02. The predicted molar refractivity (Wildman–Crippen MR) is 167 cm³/mol. The van der Waals surface area contributed by atoms with Gasteiger partial charge in [-0.2, -0.15) is 4.98 Å². The first-order valence-electron chi connectivity index (χ1n) is 15.3. The highest BCUT2D eigenvalue weighted by Crippen LogP contribution is 2.37. The van der Waals surface area contributed by atoms with Crippen molar-refractivity contribution in [1.29, 1.82) is 0 Å². The van der Waals surface area contributed by atoms with Crippen LogP contribution < -0.4 is 5.32 Å². The molecule has 4 aromatic rings. The quantitative estimate of drug-likeness (QED) is 0.279. The zero-order chi connectivity index (χ0) is 28.3. The van der Waals surface area contributed by atoms with Crippen LogP contribution in [0.5, 0.6) is 0 Å². The van der Waals surface area contributed by atoms with Gasteiger partial charge in [-0.25, -0.2) is 4.98 Å². The number of nitrogens with one attached hydrogen (secondary N) is 1. The zero-order valence-corrected chi connectivity index (χ0v) is 24.8. The van der Waals surface area contributed by atoms with E-state index in [0.29, 0.717) is 24.6 Å². The third-order valence-corrected chi connectivity index (χ3v) is 9.01. The lowest BCUT2D eigenvalue weighted by molar-refractivity contribution is 0.104. The number of nitrogens with zero attached hydrogens (tertiary/aromatic N) is 5. The van der Waals surface area contributed by atoms with Crippen molar-refractivity contribution in [3.05, 3.63) is 77.6 Å². The van der Waals surface area contributed by atoms with Crippen LogP contribution in [0.1, 0.15) is 62.3 Å². The third kappa shape index (κ3) is 6.48. The van der Waals surface area contributed by atoms with E-state index in [4.69, 9.17) is 9.97 Å². The van der Waals surface area contributed by atoms with E-state index in [1.165, 1.54) is 27.8 Å². The van der Waals surface area contributed by atoms with E-state index in [-0.39, 0.29) is 6.10 Å². The third-order valence-electron chi connectivity index (χ3n) is 9.01. The van der Waals surface area contributed by atoms with Gasteiger partial charge in [0.15, 0.2) is 0 Å². The second-order valence-corrected chi connectivity index (χ2v) is 12.3. The van der Waals surface area contributed by atoms with Crippen molar-refractivity contribution in [2.45, 2.75) is 77.7 Å². The molecule has 7 heteroatoms. The van der Waals surface area contributed by atoms with Gasteiger partial charge in [0, 0.05) is 74.7 Å². The summed E-state index contributed by atoms with van der Waals surface area (Å²) in [4.78, 5) is 14.9. The summed E-state index contributed by atoms with van der Waals surface area (Å²) in [6.45, 7) is 12.9. The second kappa shape index (κ2) is 12.3. The molecule has 2 fully saturated rings. The van der Waals surface area contributed by atoms with E-state index in [9.17, 15) is 5.11 Å². The number of rotatable bonds is 8. The van der Waals surface area contributed by atoms with Gasteiger partial charge in [0.1, 0.15) is 5.65 Å². The lowest BCUT2D eigenvalue weighted by atomic mass is 9.93. The molecule has 7 nitrogen and oxygen atoms in total. The number of aryl methyl sites for hydroxylation is 1. The standard InChI is InChI=1S/C34H44N6O/c1-24(2)39-18-16-38(17-19-39)22-27-8-10-28(11-9-27)32-23-40(29-12-14-30(41)15-13-29)33-31(32)21-36-34(37-33)35-20-26-6-4-25(3)5-7-26/h4-11,21,23-24,29-30,41H,12-20,22H2,1-3H3,(H,35,36,37). The SMILES string of the molecule is Cc1ccc(CNc2ncc3c(-c4ccc(CN5CCN(C(C)C)CC5)cc4)cn(C4CCC(O)CC4)c3n2)cc1. The van der Waals surface area contributed by atoms with Crippen LogP contribution in [-0.2, 0) is 13.1 Å². The Balaban J connectivity index is 1.23. The van der Waals surface area contributed by atoms with Crippen molar-refractivity contribution in [3.63, 3.8) is 0 Å². The Morgan fingerprint density at radius 3 is 2.27 bits per heavy atom. The number of anilines is 1. The molecule has 216 valence electrons. The smallest absolute Gasteiger partial charge is 0.224 e. The van der Waals surface area contributed by atoms with E-state index >= 15 is 0 Å². The molecule has 2 N–H and O–H groups in total. The first kappa shape index (κ1) is 27.9. The Morgan fingerprint density at radius 2 is 1.59 bits per heavy atom. The summed E-state index contributed by atoms with van der Waals surface area (Å²) in [5, 5.41) is 14.6. The van der Waals surface area contributed by atoms with Crippen molar-refractivity contribution in [3.8, 4) is 11.1 Å². The first-order chi connectivity index (χ1) is 19.9. The van der Waals surface area contributed by atoms with Crippen LogP contribution in [0, 0.1) is 6.92 Å². The molecule has 6 rings (SSSR count). The molecule has 0 spiro atoms. The number of aromatic nitrogens is 3. The maximum Gasteiger partial charge on any atom is 0.224 e. The normalized spacial score (nSPS) is 20.6. The lowest BCUT2D eigenvalue weighted by Gasteiger charge is -2.36. The van der Waals surface area contributed by atoms with Gasteiger partial charge in [0.05, 0.1) is 6.10 Å². The van der Waals surface area contributed by atoms with Gasteiger partial charge < -0.3 is 15.0 Å². The molecular formula is C34H44N6O. The Kier molecular flexibility index (Phi) is 8.37. The maximum atomic E-state index is 10.1. The number of piperazine rings is 1. The van der Waals surface area contributed by atoms with Crippen molar-refractivity contribution in [1.82, 2.24) is 24.3 Å². The largest absolute Gasteiger partial charge is 0.393 e. The van der Waals surface area contributed by atoms with Gasteiger partial charge in [-0.1, -0.05) is 54.1 Å². The van der Waals surface area contributed by atoms with Crippen LogP contribution in [-0.4, -0.2) is 67.8 Å². The zero-order valence-electron chi connectivity index (χ0n) is 24.8. The number of fused-ring (bicyclic) bond motifs is 1. The molecule has 2 aromatic heterocycles. The average Bonchev–Trinajstić information content (AvgIpc) is 3.37. The minimum absolute atomic E-state index is 0.185. The van der Waals surface area contributed by atoms with E-state index in [0.717, 1.165) is 69.4 Å². The highest BCUT2D eigenvalue weighted by Gasteiger charge is 2.24. The van der Waals surface area contributed by atoms with Gasteiger partial charge in [-0.3, -0.25) is 9.80 Å². The molecule has 1 saturated heterocycles. The molecule has 1 aliphatic heterocycles. The summed E-state index contributed by atoms with van der Waals surface area (Å²) in [6.07, 6.45) is 7.66. The first-order valence-corrected chi connectivity index (χ1v) is 15.3. The number of hydrogen-bond acceptors (Lipinski definition) is 6. The monoisotopic (exact) mass is 552 g/mol. The van der Waals surface area contributed by atoms with E-state index in [2.05, 4.69) is 95.2 Å². The highest BCUT2D eigenvalue weighted by molar-refractivity contribution is 5.94. The van der Waals surface area contributed by atoms with Crippen molar-refractivity contribution in [2.24, 2.45) is 0 Å². The van der Waals surface area contributed by atoms with Crippen molar-refractivity contribution < 1.29 is 5.11 Å². The maximum absolute atomic E-state index is 10.1. The molecule has 41 heavy (non-hydrogen) atoms. The average molecular weight is 553 g/mol. The second-order valence-electron chi connectivity index (χ2n) is 12.3. The molecule has 0 amide bonds. The fourth-order valence-electron chi connectivity index (χ4n) is 6.33. The molecule has 0 radical (unpaired) electrons. The molecule has 0 unspecified atom stereocenters. The van der Waals surface area contributed by atoms with E-state index < -0.39 is 0 Å². The molecule has 1 aliphatic carbocycles. The summed E-state index contributed by atoms with van der Waals surface area (Å²) in [6, 6.07) is 18.6. The number of hydrogen-bond donors (Lipinski definition) is 2. The fraction of sp³-hybridized carbons (Fsp3) is 0.471. The minimum Gasteiger partial charge on any atom is -0.393 e. The molecule has 0 atom stereocenters. The number of aliphatic hydroxyl groups is 1. The summed E-state index contributed by atoms with van der Waals surface area (Å²) < 4.78 is 2.34. The van der Waals surface area contributed by atoms with Crippen LogP contribution in [0.15, 0.2) is 60.9 Å². The van der Waals surface area contributed by atoms with Gasteiger partial charge in [0.25, 0.3) is 0 Å². The lowest BCUT2D eigenvalue weighted by Crippen LogP contribution is -2.48. The Morgan fingerprint density at radius 1 is 0.902 bits per heavy atom. The topological polar surface area (TPSA) is 69.5 Å². The minimum atomic E-state index is -0.185. The van der Waals surface area contributed by atoms with Crippen molar-refractivity contribution >= 4 is 17.0 Å². The highest BCUT2D eigenvalue weighted by atomic mass is 16.3. The molecule has 1 saturated carbocycles. The molecule has 2 aromatic carbocycles. The van der Waals surface area contributed by atoms with Crippen LogP contribution in [0.4, 0.5) is 5.95 Å². The van der Waals surface area contributed by atoms with Gasteiger partial charge >= 0.3 is 0 Å². The molecule has 3 heterocycles. The molecular weight excluding hydrogens is 508 g/mol. The van der Waals surface area contributed by atoms with Crippen LogP contribution in [0.2, 0.25) is 0 Å². The van der Waals surface area contributed by atoms with Crippen LogP contribution in [0.3, 0.4) is 0 Å². The Bertz CT molecular complexity index is 1430. The Labute approximate surface area is 244 Å².